The summed E-state index contributed by atoms with van der Waals surface area (Å²) in [4.78, 5) is 13.2. The summed E-state index contributed by atoms with van der Waals surface area (Å²) in [5, 5.41) is 120. The Kier molecular flexibility index (Phi) is 34.7. The molecule has 17 unspecified atom stereocenters. The zero-order valence-electron chi connectivity index (χ0n) is 43.9. The first-order chi connectivity index (χ1) is 34.8. The van der Waals surface area contributed by atoms with Crippen LogP contribution in [-0.4, -0.2) is 193 Å². The van der Waals surface area contributed by atoms with Crippen LogP contribution in [0, 0.1) is 0 Å². The van der Waals surface area contributed by atoms with Crippen LogP contribution in [-0.2, 0) is 33.2 Å². The molecule has 3 fully saturated rings. The number of ether oxygens (including phenoxy) is 6. The van der Waals surface area contributed by atoms with Gasteiger partial charge in [-0.05, 0) is 12.8 Å². The maximum Gasteiger partial charge on any atom is 0.220 e. The van der Waals surface area contributed by atoms with E-state index >= 15 is 0 Å². The minimum Gasteiger partial charge on any atom is -0.394 e. The highest BCUT2D eigenvalue weighted by molar-refractivity contribution is 5.76. The molecule has 0 aliphatic carbocycles. The first kappa shape index (κ1) is 65.1. The number of amides is 1. The summed E-state index contributed by atoms with van der Waals surface area (Å²) >= 11 is 0. The van der Waals surface area contributed by atoms with Crippen LogP contribution in [0.25, 0.3) is 0 Å². The highest BCUT2D eigenvalue weighted by Crippen LogP contribution is 2.33. The van der Waals surface area contributed by atoms with E-state index in [-0.39, 0.29) is 18.9 Å². The predicted molar refractivity (Wildman–Crippen MR) is 268 cm³/mol. The zero-order valence-corrected chi connectivity index (χ0v) is 43.9. The van der Waals surface area contributed by atoms with E-state index in [2.05, 4.69) is 19.2 Å². The Balaban J connectivity index is 1.48. The van der Waals surface area contributed by atoms with Gasteiger partial charge in [0.15, 0.2) is 18.9 Å². The van der Waals surface area contributed by atoms with E-state index < -0.39 is 124 Å². The molecule has 12 N–H and O–H groups in total. The van der Waals surface area contributed by atoms with Crippen molar-refractivity contribution in [2.75, 3.05) is 26.4 Å². The van der Waals surface area contributed by atoms with E-state index in [4.69, 9.17) is 28.4 Å². The van der Waals surface area contributed by atoms with Crippen LogP contribution in [0.15, 0.2) is 0 Å². The molecule has 0 aromatic rings. The fourth-order valence-electron chi connectivity index (χ4n) is 9.96. The molecule has 0 bridgehead atoms. The molecule has 19 heteroatoms. The van der Waals surface area contributed by atoms with Crippen molar-refractivity contribution < 1.29 is 89.4 Å². The van der Waals surface area contributed by atoms with Crippen molar-refractivity contribution in [2.24, 2.45) is 0 Å². The summed E-state index contributed by atoms with van der Waals surface area (Å²) < 4.78 is 34.2. The van der Waals surface area contributed by atoms with Crippen molar-refractivity contribution in [3.8, 4) is 0 Å². The average molecular weight is 1040 g/mol. The van der Waals surface area contributed by atoms with Gasteiger partial charge in [0.2, 0.25) is 5.91 Å². The smallest absolute Gasteiger partial charge is 0.220 e. The minimum absolute atomic E-state index is 0.246. The highest BCUT2D eigenvalue weighted by Gasteiger charge is 2.53. The SMILES string of the molecule is CCCCCCCCCCCCCCCCCCCCCC(O)C(COC1OC(CO)C(OC2OC(CO)C(OC3OC(CO)C(O)C(O)C3O)C(O)C2O)C(O)C1O)NC(=O)CCCCCCCCCC. The Labute approximate surface area is 430 Å². The predicted octanol–water partition coefficient (Wildman–Crippen LogP) is 3.65. The largest absolute Gasteiger partial charge is 0.394 e. The van der Waals surface area contributed by atoms with Crippen molar-refractivity contribution in [3.63, 3.8) is 0 Å². The summed E-state index contributed by atoms with van der Waals surface area (Å²) in [6, 6.07) is -0.877. The van der Waals surface area contributed by atoms with Gasteiger partial charge in [0.05, 0.1) is 38.6 Å². The van der Waals surface area contributed by atoms with Gasteiger partial charge in [-0.15, -0.1) is 0 Å². The molecule has 0 aromatic carbocycles. The average Bonchev–Trinajstić information content (AvgIpc) is 3.37. The number of carbonyl (C=O) groups is 1. The second-order valence-corrected chi connectivity index (χ2v) is 20.8. The number of aliphatic hydroxyl groups excluding tert-OH is 11. The molecular formula is C53H101NO18. The van der Waals surface area contributed by atoms with Gasteiger partial charge < -0.3 is 89.9 Å². The maximum absolute atomic E-state index is 13.2. The van der Waals surface area contributed by atoms with Crippen molar-refractivity contribution in [3.05, 3.63) is 0 Å². The van der Waals surface area contributed by atoms with Crippen molar-refractivity contribution in [2.45, 2.75) is 304 Å². The van der Waals surface area contributed by atoms with E-state index in [9.17, 15) is 61.0 Å². The van der Waals surface area contributed by atoms with Gasteiger partial charge in [-0.3, -0.25) is 4.79 Å². The molecule has 0 aromatic heterocycles. The number of hydrogen-bond acceptors (Lipinski definition) is 18. The fraction of sp³-hybridized carbons (Fsp3) is 0.981. The number of hydrogen-bond donors (Lipinski definition) is 12. The molecular weight excluding hydrogens is 939 g/mol. The maximum atomic E-state index is 13.2. The second kappa shape index (κ2) is 38.4. The molecule has 426 valence electrons. The van der Waals surface area contributed by atoms with Crippen molar-refractivity contribution >= 4 is 5.91 Å². The quantitative estimate of drug-likeness (QED) is 0.0389. The fourth-order valence-corrected chi connectivity index (χ4v) is 9.96. The van der Waals surface area contributed by atoms with E-state index in [0.717, 1.165) is 44.9 Å². The van der Waals surface area contributed by atoms with Crippen LogP contribution < -0.4 is 5.32 Å². The van der Waals surface area contributed by atoms with Crippen LogP contribution in [0.4, 0.5) is 0 Å². The molecule has 3 rings (SSSR count). The summed E-state index contributed by atoms with van der Waals surface area (Å²) in [5.74, 6) is -0.246. The molecule has 72 heavy (non-hydrogen) atoms. The van der Waals surface area contributed by atoms with Gasteiger partial charge in [-0.25, -0.2) is 0 Å². The van der Waals surface area contributed by atoms with E-state index in [1.807, 2.05) is 0 Å². The van der Waals surface area contributed by atoms with Crippen LogP contribution in [0.1, 0.15) is 200 Å². The van der Waals surface area contributed by atoms with Crippen molar-refractivity contribution in [1.82, 2.24) is 5.32 Å². The summed E-state index contributed by atoms with van der Waals surface area (Å²) in [6.45, 7) is 1.75. The summed E-state index contributed by atoms with van der Waals surface area (Å²) in [5.41, 5.74) is 0. The van der Waals surface area contributed by atoms with Crippen LogP contribution in [0.3, 0.4) is 0 Å². The number of unbranched alkanes of at least 4 members (excludes halogenated alkanes) is 25. The molecule has 0 saturated carbocycles. The highest BCUT2D eigenvalue weighted by atomic mass is 16.8. The molecule has 0 spiro atoms. The number of aliphatic hydroxyl groups is 11. The Morgan fingerprint density at radius 2 is 0.792 bits per heavy atom. The number of rotatable bonds is 41. The van der Waals surface area contributed by atoms with Gasteiger partial charge in [0.25, 0.3) is 0 Å². The minimum atomic E-state index is -1.97. The molecule has 0 radical (unpaired) electrons. The third-order valence-corrected chi connectivity index (χ3v) is 14.7. The lowest BCUT2D eigenvalue weighted by atomic mass is 9.96. The molecule has 3 aliphatic rings. The zero-order chi connectivity index (χ0) is 52.7. The van der Waals surface area contributed by atoms with E-state index in [1.165, 1.54) is 122 Å². The lowest BCUT2D eigenvalue weighted by Crippen LogP contribution is -2.66. The first-order valence-corrected chi connectivity index (χ1v) is 28.3. The molecule has 3 saturated heterocycles. The van der Waals surface area contributed by atoms with E-state index in [0.29, 0.717) is 12.8 Å². The Bertz CT molecular complexity index is 1340. The van der Waals surface area contributed by atoms with Crippen LogP contribution in [0.5, 0.6) is 0 Å². The van der Waals surface area contributed by atoms with Gasteiger partial charge in [-0.2, -0.15) is 0 Å². The third kappa shape index (κ3) is 23.2. The molecule has 3 heterocycles. The summed E-state index contributed by atoms with van der Waals surface area (Å²) in [7, 11) is 0. The first-order valence-electron chi connectivity index (χ1n) is 28.3. The molecule has 17 atom stereocenters. The molecule has 1 amide bonds. The molecule has 3 aliphatic heterocycles. The summed E-state index contributed by atoms with van der Waals surface area (Å²) in [6.07, 6.45) is 6.50. The normalized spacial score (nSPS) is 31.9. The van der Waals surface area contributed by atoms with Gasteiger partial charge in [-0.1, -0.05) is 181 Å². The van der Waals surface area contributed by atoms with Crippen molar-refractivity contribution in [1.29, 1.82) is 0 Å². The topological polar surface area (TPSA) is 307 Å². The van der Waals surface area contributed by atoms with Crippen LogP contribution >= 0.6 is 0 Å². The van der Waals surface area contributed by atoms with Gasteiger partial charge in [0.1, 0.15) is 73.2 Å². The second-order valence-electron chi connectivity index (χ2n) is 20.8. The monoisotopic (exact) mass is 1040 g/mol. The van der Waals surface area contributed by atoms with E-state index in [1.54, 1.807) is 0 Å². The lowest BCUT2D eigenvalue weighted by molar-refractivity contribution is -0.379. The van der Waals surface area contributed by atoms with Crippen LogP contribution in [0.2, 0.25) is 0 Å². The Morgan fingerprint density at radius 3 is 1.21 bits per heavy atom. The lowest BCUT2D eigenvalue weighted by Gasteiger charge is -2.48. The Morgan fingerprint density at radius 1 is 0.444 bits per heavy atom. The number of nitrogens with one attached hydrogen (secondary N) is 1. The standard InChI is InChI=1S/C53H101NO18/c1-3-5-7-9-11-13-14-15-16-17-18-19-20-21-22-23-24-26-28-30-37(58)36(54-41(59)31-29-27-25-12-10-8-6-4-2)35-67-51-47(65)44(62)49(39(33-56)69-51)72-53-48(66)45(63)50(40(34-57)70-53)71-52-46(64)43(61)42(60)38(32-55)68-52/h36-40,42-53,55-58,60-66H,3-35H2,1-2H3,(H,54,59). The van der Waals surface area contributed by atoms with Gasteiger partial charge >= 0.3 is 0 Å². The third-order valence-electron chi connectivity index (χ3n) is 14.7. The Hall–Kier alpha value is -1.21. The van der Waals surface area contributed by atoms with Gasteiger partial charge in [0, 0.05) is 6.42 Å². The number of carbonyl (C=O) groups excluding carboxylic acids is 1. The molecule has 19 nitrogen and oxygen atoms in total.